The van der Waals surface area contributed by atoms with Crippen LogP contribution >= 0.6 is 0 Å². The van der Waals surface area contributed by atoms with Gasteiger partial charge in [0.15, 0.2) is 0 Å². The topological polar surface area (TPSA) is 29.1 Å². The Labute approximate surface area is 121 Å². The van der Waals surface area contributed by atoms with Crippen molar-refractivity contribution in [2.75, 3.05) is 5.75 Å². The molecule has 0 aliphatic heterocycles. The highest BCUT2D eigenvalue weighted by atomic mass is 32.2. The molecule has 2 fully saturated rings. The van der Waals surface area contributed by atoms with Gasteiger partial charge in [0, 0.05) is 28.6 Å². The lowest BCUT2D eigenvalue weighted by molar-refractivity contribution is 0.147. The van der Waals surface area contributed by atoms with E-state index in [0.717, 1.165) is 12.2 Å². The van der Waals surface area contributed by atoms with Crippen LogP contribution in [0.5, 0.6) is 0 Å². The van der Waals surface area contributed by atoms with Crippen molar-refractivity contribution in [3.63, 3.8) is 0 Å². The molecule has 2 nitrogen and oxygen atoms in total. The predicted molar refractivity (Wildman–Crippen MR) is 83.9 cm³/mol. The van der Waals surface area contributed by atoms with Crippen molar-refractivity contribution in [3.05, 3.63) is 0 Å². The zero-order valence-corrected chi connectivity index (χ0v) is 13.7. The van der Waals surface area contributed by atoms with Gasteiger partial charge in [0.25, 0.3) is 0 Å². The van der Waals surface area contributed by atoms with Crippen LogP contribution in [0.1, 0.15) is 72.1 Å². The molecule has 19 heavy (non-hydrogen) atoms. The average Bonchev–Trinajstić information content (AvgIpc) is 2.41. The summed E-state index contributed by atoms with van der Waals surface area (Å²) in [6.07, 6.45) is 10.3. The molecule has 0 aromatic rings. The first-order valence-electron chi connectivity index (χ1n) is 8.18. The lowest BCUT2D eigenvalue weighted by Crippen LogP contribution is -2.54. The van der Waals surface area contributed by atoms with Gasteiger partial charge in [0.05, 0.1) is 5.25 Å². The standard InChI is InChI=1S/C16H31NOS/c1-4-19(18)14-10-6-5-9-13(14)17-15-11-7-8-12-16(15,2)3/h13-15,17H,4-12H2,1-3H3/t13-,14+,15-,19-/m0/s1. The molecular formula is C16H31NOS. The summed E-state index contributed by atoms with van der Waals surface area (Å²) >= 11 is 0. The molecule has 1 N–H and O–H groups in total. The Hall–Kier alpha value is 0.110. The number of rotatable bonds is 4. The van der Waals surface area contributed by atoms with Crippen molar-refractivity contribution in [1.29, 1.82) is 0 Å². The Kier molecular flexibility index (Phi) is 5.47. The summed E-state index contributed by atoms with van der Waals surface area (Å²) in [5, 5.41) is 4.32. The van der Waals surface area contributed by atoms with Gasteiger partial charge in [-0.25, -0.2) is 0 Å². The van der Waals surface area contributed by atoms with Gasteiger partial charge in [-0.3, -0.25) is 4.21 Å². The van der Waals surface area contributed by atoms with E-state index in [-0.39, 0.29) is 0 Å². The summed E-state index contributed by atoms with van der Waals surface area (Å²) in [4.78, 5) is 0. The maximum atomic E-state index is 12.3. The number of nitrogens with one attached hydrogen (secondary N) is 1. The van der Waals surface area contributed by atoms with Crippen LogP contribution in [0.3, 0.4) is 0 Å². The lowest BCUT2D eigenvalue weighted by Gasteiger charge is -2.43. The highest BCUT2D eigenvalue weighted by Crippen LogP contribution is 2.36. The van der Waals surface area contributed by atoms with E-state index in [1.54, 1.807) is 0 Å². The minimum absolute atomic E-state index is 0.400. The zero-order valence-electron chi connectivity index (χ0n) is 12.9. The Bertz CT molecular complexity index is 316. The summed E-state index contributed by atoms with van der Waals surface area (Å²) in [7, 11) is -0.635. The fourth-order valence-electron chi connectivity index (χ4n) is 3.88. The van der Waals surface area contributed by atoms with Crippen molar-refractivity contribution in [2.24, 2.45) is 5.41 Å². The summed E-state index contributed by atoms with van der Waals surface area (Å²) in [5.74, 6) is 0.816. The Morgan fingerprint density at radius 2 is 1.79 bits per heavy atom. The zero-order chi connectivity index (χ0) is 13.9. The van der Waals surface area contributed by atoms with E-state index >= 15 is 0 Å². The predicted octanol–water partition coefficient (Wildman–Crippen LogP) is 3.62. The minimum atomic E-state index is -0.635. The van der Waals surface area contributed by atoms with Crippen molar-refractivity contribution < 1.29 is 4.21 Å². The van der Waals surface area contributed by atoms with E-state index in [1.165, 1.54) is 44.9 Å². The first kappa shape index (κ1) is 15.5. The van der Waals surface area contributed by atoms with Gasteiger partial charge in [-0.15, -0.1) is 0 Å². The maximum Gasteiger partial charge on any atom is 0.0501 e. The first-order valence-corrected chi connectivity index (χ1v) is 9.56. The second kappa shape index (κ2) is 6.71. The van der Waals surface area contributed by atoms with Crippen molar-refractivity contribution in [3.8, 4) is 0 Å². The molecule has 112 valence electrons. The van der Waals surface area contributed by atoms with Gasteiger partial charge in [-0.2, -0.15) is 0 Å². The highest BCUT2D eigenvalue weighted by Gasteiger charge is 2.37. The molecule has 0 spiro atoms. The molecule has 4 atom stereocenters. The SMILES string of the molecule is CC[S@](=O)[C@@H]1CCCC[C@@H]1N[C@H]1CCCCC1(C)C. The largest absolute Gasteiger partial charge is 0.310 e. The minimum Gasteiger partial charge on any atom is -0.310 e. The van der Waals surface area contributed by atoms with Gasteiger partial charge >= 0.3 is 0 Å². The van der Waals surface area contributed by atoms with E-state index in [9.17, 15) is 4.21 Å². The maximum absolute atomic E-state index is 12.3. The first-order chi connectivity index (χ1) is 9.04. The van der Waals surface area contributed by atoms with Gasteiger partial charge < -0.3 is 5.32 Å². The molecule has 2 saturated carbocycles. The molecular weight excluding hydrogens is 254 g/mol. The van der Waals surface area contributed by atoms with E-state index < -0.39 is 10.8 Å². The van der Waals surface area contributed by atoms with Gasteiger partial charge in [0.2, 0.25) is 0 Å². The van der Waals surface area contributed by atoms with Crippen LogP contribution in [0.15, 0.2) is 0 Å². The molecule has 2 aliphatic rings. The normalized spacial score (nSPS) is 36.9. The van der Waals surface area contributed by atoms with Crippen LogP contribution < -0.4 is 5.32 Å². The van der Waals surface area contributed by atoms with E-state index in [4.69, 9.17) is 0 Å². The molecule has 2 rings (SSSR count). The average molecular weight is 285 g/mol. The summed E-state index contributed by atoms with van der Waals surface area (Å²) < 4.78 is 12.3. The third kappa shape index (κ3) is 3.81. The van der Waals surface area contributed by atoms with Crippen molar-refractivity contribution in [2.45, 2.75) is 89.5 Å². The quantitative estimate of drug-likeness (QED) is 0.854. The van der Waals surface area contributed by atoms with Crippen LogP contribution in [0.2, 0.25) is 0 Å². The van der Waals surface area contributed by atoms with Crippen LogP contribution in [-0.2, 0) is 10.8 Å². The van der Waals surface area contributed by atoms with Crippen LogP contribution in [0.4, 0.5) is 0 Å². The molecule has 2 aliphatic carbocycles. The Morgan fingerprint density at radius 3 is 2.47 bits per heavy atom. The number of hydrogen-bond donors (Lipinski definition) is 1. The van der Waals surface area contributed by atoms with Gasteiger partial charge in [0.1, 0.15) is 0 Å². The van der Waals surface area contributed by atoms with Crippen molar-refractivity contribution in [1.82, 2.24) is 5.32 Å². The summed E-state index contributed by atoms with van der Waals surface area (Å²) in [6.45, 7) is 6.86. The molecule has 0 aromatic carbocycles. The van der Waals surface area contributed by atoms with E-state index in [0.29, 0.717) is 22.7 Å². The molecule has 0 aromatic heterocycles. The van der Waals surface area contributed by atoms with Crippen LogP contribution in [-0.4, -0.2) is 27.3 Å². The third-order valence-electron chi connectivity index (χ3n) is 5.25. The van der Waals surface area contributed by atoms with Crippen molar-refractivity contribution >= 4 is 10.8 Å². The monoisotopic (exact) mass is 285 g/mol. The van der Waals surface area contributed by atoms with Gasteiger partial charge in [-0.05, 0) is 31.1 Å². The van der Waals surface area contributed by atoms with Crippen LogP contribution in [0, 0.1) is 5.41 Å². The smallest absolute Gasteiger partial charge is 0.0501 e. The van der Waals surface area contributed by atoms with Crippen LogP contribution in [0.25, 0.3) is 0 Å². The summed E-state index contributed by atoms with van der Waals surface area (Å²) in [5.41, 5.74) is 0.411. The molecule has 0 saturated heterocycles. The fourth-order valence-corrected chi connectivity index (χ4v) is 5.32. The highest BCUT2D eigenvalue weighted by molar-refractivity contribution is 7.85. The van der Waals surface area contributed by atoms with E-state index in [1.807, 2.05) is 0 Å². The Morgan fingerprint density at radius 1 is 1.11 bits per heavy atom. The molecule has 0 unspecified atom stereocenters. The molecule has 0 amide bonds. The Balaban J connectivity index is 2.00. The summed E-state index contributed by atoms with van der Waals surface area (Å²) in [6, 6.07) is 1.12. The molecule has 0 heterocycles. The second-order valence-corrected chi connectivity index (χ2v) is 9.00. The van der Waals surface area contributed by atoms with Gasteiger partial charge in [-0.1, -0.05) is 46.5 Å². The lowest BCUT2D eigenvalue weighted by atomic mass is 9.72. The third-order valence-corrected chi connectivity index (χ3v) is 7.06. The molecule has 0 radical (unpaired) electrons. The molecule has 3 heteroatoms. The second-order valence-electron chi connectivity index (χ2n) is 7.05. The van der Waals surface area contributed by atoms with E-state index in [2.05, 4.69) is 26.1 Å². The number of hydrogen-bond acceptors (Lipinski definition) is 2. The fraction of sp³-hybridized carbons (Fsp3) is 1.00. The molecule has 0 bridgehead atoms.